The van der Waals surface area contributed by atoms with Crippen LogP contribution in [0.25, 0.3) is 0 Å². The van der Waals surface area contributed by atoms with Gasteiger partial charge in [0.25, 0.3) is 0 Å². The molecule has 0 radical (unpaired) electrons. The van der Waals surface area contributed by atoms with E-state index < -0.39 is 12.3 Å². The van der Waals surface area contributed by atoms with Gasteiger partial charge in [-0.3, -0.25) is 4.79 Å². The Labute approximate surface area is 59.4 Å². The van der Waals surface area contributed by atoms with E-state index in [1.807, 2.05) is 0 Å². The van der Waals surface area contributed by atoms with Crippen molar-refractivity contribution in [2.75, 3.05) is 6.61 Å². The average molecular weight is 148 g/mol. The van der Waals surface area contributed by atoms with Crippen molar-refractivity contribution in [3.05, 3.63) is 0 Å². The van der Waals surface area contributed by atoms with Crippen molar-refractivity contribution in [2.45, 2.75) is 26.1 Å². The summed E-state index contributed by atoms with van der Waals surface area (Å²) in [6, 6.07) is 0. The highest BCUT2D eigenvalue weighted by molar-refractivity contribution is 5.65. The molecule has 0 aliphatic rings. The van der Waals surface area contributed by atoms with Crippen LogP contribution in [-0.2, 0) is 9.53 Å². The molecular weight excluding hydrogens is 136 g/mol. The molecule has 0 amide bonds. The van der Waals surface area contributed by atoms with Gasteiger partial charge in [-0.2, -0.15) is 0 Å². The zero-order valence-corrected chi connectivity index (χ0v) is 5.91. The molecule has 0 saturated heterocycles. The zero-order chi connectivity index (χ0) is 7.98. The summed E-state index contributed by atoms with van der Waals surface area (Å²) in [5.74, 6) is -0.509. The van der Waals surface area contributed by atoms with Crippen molar-refractivity contribution in [3.8, 4) is 0 Å². The van der Waals surface area contributed by atoms with E-state index in [1.165, 1.54) is 6.92 Å². The third-order valence-electron chi connectivity index (χ3n) is 0.911. The van der Waals surface area contributed by atoms with E-state index in [9.17, 15) is 4.79 Å². The van der Waals surface area contributed by atoms with Crippen molar-refractivity contribution >= 4 is 5.97 Å². The van der Waals surface area contributed by atoms with Crippen LogP contribution in [0.4, 0.5) is 0 Å². The van der Waals surface area contributed by atoms with Gasteiger partial charge < -0.3 is 14.9 Å². The lowest BCUT2D eigenvalue weighted by atomic mass is 10.3. The maximum atomic E-state index is 10.2. The highest BCUT2D eigenvalue weighted by Gasteiger charge is 2.04. The van der Waals surface area contributed by atoms with Gasteiger partial charge in [0, 0.05) is 20.0 Å². The Morgan fingerprint density at radius 1 is 1.70 bits per heavy atom. The zero-order valence-electron chi connectivity index (χ0n) is 5.91. The number of rotatable bonds is 4. The monoisotopic (exact) mass is 148 g/mol. The Balaban J connectivity index is 3.25. The second-order valence-electron chi connectivity index (χ2n) is 1.93. The SMILES string of the molecule is CC(=O)OC(O)CCCO. The molecule has 4 nitrogen and oxygen atoms in total. The van der Waals surface area contributed by atoms with Crippen molar-refractivity contribution in [2.24, 2.45) is 0 Å². The second-order valence-corrected chi connectivity index (χ2v) is 1.93. The highest BCUT2D eigenvalue weighted by Crippen LogP contribution is 1.97. The smallest absolute Gasteiger partial charge is 0.304 e. The summed E-state index contributed by atoms with van der Waals surface area (Å²) in [7, 11) is 0. The number of aliphatic hydroxyl groups is 2. The van der Waals surface area contributed by atoms with Gasteiger partial charge in [-0.25, -0.2) is 0 Å². The minimum absolute atomic E-state index is 0.00166. The maximum Gasteiger partial charge on any atom is 0.304 e. The van der Waals surface area contributed by atoms with E-state index in [4.69, 9.17) is 10.2 Å². The van der Waals surface area contributed by atoms with Crippen LogP contribution in [-0.4, -0.2) is 29.1 Å². The molecule has 0 heterocycles. The molecule has 10 heavy (non-hydrogen) atoms. The number of hydrogen-bond acceptors (Lipinski definition) is 4. The summed E-state index contributed by atoms with van der Waals surface area (Å²) in [6.07, 6.45) is -0.338. The summed E-state index contributed by atoms with van der Waals surface area (Å²) in [4.78, 5) is 10.2. The second kappa shape index (κ2) is 5.20. The molecule has 60 valence electrons. The van der Waals surface area contributed by atoms with Gasteiger partial charge in [-0.1, -0.05) is 0 Å². The van der Waals surface area contributed by atoms with Gasteiger partial charge in [-0.15, -0.1) is 0 Å². The molecule has 0 aromatic carbocycles. The molecule has 0 spiro atoms. The van der Waals surface area contributed by atoms with Crippen molar-refractivity contribution < 1.29 is 19.7 Å². The van der Waals surface area contributed by atoms with Crippen LogP contribution in [0.5, 0.6) is 0 Å². The molecule has 0 rings (SSSR count). The van der Waals surface area contributed by atoms with Crippen LogP contribution in [0.3, 0.4) is 0 Å². The van der Waals surface area contributed by atoms with Crippen LogP contribution >= 0.6 is 0 Å². The van der Waals surface area contributed by atoms with Crippen molar-refractivity contribution in [1.82, 2.24) is 0 Å². The van der Waals surface area contributed by atoms with Gasteiger partial charge >= 0.3 is 5.97 Å². The van der Waals surface area contributed by atoms with Gasteiger partial charge in [0.15, 0.2) is 0 Å². The number of aliphatic hydroxyl groups excluding tert-OH is 2. The van der Waals surface area contributed by atoms with E-state index in [1.54, 1.807) is 0 Å². The van der Waals surface area contributed by atoms with Crippen LogP contribution in [0.15, 0.2) is 0 Å². The molecule has 1 unspecified atom stereocenters. The number of carbonyl (C=O) groups excluding carboxylic acids is 1. The maximum absolute atomic E-state index is 10.2. The van der Waals surface area contributed by atoms with E-state index in [0.29, 0.717) is 6.42 Å². The summed E-state index contributed by atoms with van der Waals surface area (Å²) in [6.45, 7) is 1.22. The van der Waals surface area contributed by atoms with Gasteiger partial charge in [0.1, 0.15) is 0 Å². The Kier molecular flexibility index (Phi) is 4.88. The van der Waals surface area contributed by atoms with Crippen molar-refractivity contribution in [3.63, 3.8) is 0 Å². The van der Waals surface area contributed by atoms with E-state index in [2.05, 4.69) is 4.74 Å². The fourth-order valence-corrected chi connectivity index (χ4v) is 0.516. The predicted molar refractivity (Wildman–Crippen MR) is 34.1 cm³/mol. The van der Waals surface area contributed by atoms with Gasteiger partial charge in [0.2, 0.25) is 6.29 Å². The number of ether oxygens (including phenoxy) is 1. The topological polar surface area (TPSA) is 66.8 Å². The Bertz CT molecular complexity index is 102. The normalized spacial score (nSPS) is 12.7. The van der Waals surface area contributed by atoms with Crippen LogP contribution in [0.1, 0.15) is 19.8 Å². The lowest BCUT2D eigenvalue weighted by Crippen LogP contribution is -2.15. The lowest BCUT2D eigenvalue weighted by Gasteiger charge is -2.08. The minimum atomic E-state index is -1.07. The quantitative estimate of drug-likeness (QED) is 0.422. The highest BCUT2D eigenvalue weighted by atomic mass is 16.6. The van der Waals surface area contributed by atoms with E-state index in [0.717, 1.165) is 0 Å². The molecule has 4 heteroatoms. The summed E-state index contributed by atoms with van der Waals surface area (Å²) in [5, 5.41) is 17.1. The summed E-state index contributed by atoms with van der Waals surface area (Å²) in [5.41, 5.74) is 0. The Morgan fingerprint density at radius 3 is 2.70 bits per heavy atom. The third-order valence-corrected chi connectivity index (χ3v) is 0.911. The van der Waals surface area contributed by atoms with Crippen LogP contribution in [0.2, 0.25) is 0 Å². The first-order valence-corrected chi connectivity index (χ1v) is 3.13. The molecule has 0 bridgehead atoms. The summed E-state index contributed by atoms with van der Waals surface area (Å²) >= 11 is 0. The first-order valence-electron chi connectivity index (χ1n) is 3.13. The number of hydrogen-bond donors (Lipinski definition) is 2. The minimum Gasteiger partial charge on any atom is -0.436 e. The van der Waals surface area contributed by atoms with Gasteiger partial charge in [-0.05, 0) is 6.42 Å². The largest absolute Gasteiger partial charge is 0.436 e. The van der Waals surface area contributed by atoms with E-state index in [-0.39, 0.29) is 13.0 Å². The number of carbonyl (C=O) groups is 1. The molecular formula is C6H12O4. The Morgan fingerprint density at radius 2 is 2.30 bits per heavy atom. The Hall–Kier alpha value is -0.610. The van der Waals surface area contributed by atoms with Crippen molar-refractivity contribution in [1.29, 1.82) is 0 Å². The van der Waals surface area contributed by atoms with E-state index >= 15 is 0 Å². The molecule has 2 N–H and O–H groups in total. The molecule has 0 aromatic rings. The predicted octanol–water partition coefficient (Wildman–Crippen LogP) is -0.360. The average Bonchev–Trinajstić information content (AvgIpc) is 1.82. The molecule has 0 aromatic heterocycles. The fraction of sp³-hybridized carbons (Fsp3) is 0.833. The molecule has 0 aliphatic carbocycles. The molecule has 0 aliphatic heterocycles. The fourth-order valence-electron chi connectivity index (χ4n) is 0.516. The van der Waals surface area contributed by atoms with Crippen LogP contribution < -0.4 is 0 Å². The summed E-state index contributed by atoms with van der Waals surface area (Å²) < 4.78 is 4.36. The van der Waals surface area contributed by atoms with Crippen LogP contribution in [0, 0.1) is 0 Å². The molecule has 0 saturated carbocycles. The standard InChI is InChI=1S/C6H12O4/c1-5(8)10-6(9)3-2-4-7/h6-7,9H,2-4H2,1H3. The molecule has 1 atom stereocenters. The molecule has 0 fully saturated rings. The number of esters is 1. The third kappa shape index (κ3) is 5.53. The van der Waals surface area contributed by atoms with Gasteiger partial charge in [0.05, 0.1) is 0 Å². The first-order chi connectivity index (χ1) is 4.66. The first kappa shape index (κ1) is 9.39. The lowest BCUT2D eigenvalue weighted by molar-refractivity contribution is -0.166.